The zero-order valence-electron chi connectivity index (χ0n) is 36.1. The maximum Gasteiger partial charge on any atom is 0.408 e. The number of aromatic hydroxyl groups is 1. The molecule has 1 aliphatic carbocycles. The fourth-order valence-corrected chi connectivity index (χ4v) is 6.91. The quantitative estimate of drug-likeness (QED) is 0.143. The first kappa shape index (κ1) is 48.2. The van der Waals surface area contributed by atoms with Gasteiger partial charge in [0.2, 0.25) is 0 Å². The first-order valence-electron chi connectivity index (χ1n) is 20.0. The van der Waals surface area contributed by atoms with Gasteiger partial charge in [-0.3, -0.25) is 4.90 Å². The van der Waals surface area contributed by atoms with Crippen LogP contribution >= 0.6 is 0 Å². The van der Waals surface area contributed by atoms with Gasteiger partial charge in [0.25, 0.3) is 0 Å². The topological polar surface area (TPSA) is 247 Å². The van der Waals surface area contributed by atoms with E-state index in [1.807, 2.05) is 35.2 Å². The van der Waals surface area contributed by atoms with E-state index in [1.54, 1.807) is 74.4 Å². The molecule has 1 aliphatic heterocycles. The first-order valence-corrected chi connectivity index (χ1v) is 20.0. The van der Waals surface area contributed by atoms with Crippen LogP contribution in [0.2, 0.25) is 0 Å². The van der Waals surface area contributed by atoms with Crippen LogP contribution in [0.1, 0.15) is 79.9 Å². The number of carbonyl (C=O) groups excluding carboxylic acids is 3. The number of nitrogens with zero attached hydrogens (tertiary/aromatic N) is 1. The SMILES string of the molecule is COc1cc(CN(Cc2ccccc2)C[C@H]2O[C@H](O[C@H]3[C@H](O)[C@@H](O)[C@H](NC(=O)OC(C)(C)C)C[C@@H]3NC(=O)OC(C)(C)C)[C@H](NC(=O)OC(C)(C)C)[C@@H](O)[C@@H]2O)ccc1O. The molecule has 2 fully saturated rings. The largest absolute Gasteiger partial charge is 0.504 e. The molecule has 10 atom stereocenters. The molecule has 18 heteroatoms. The second-order valence-corrected chi connectivity index (χ2v) is 18.2. The first-order chi connectivity index (χ1) is 27.8. The lowest BCUT2D eigenvalue weighted by Gasteiger charge is -2.48. The van der Waals surface area contributed by atoms with Crippen LogP contribution in [0.3, 0.4) is 0 Å². The summed E-state index contributed by atoms with van der Waals surface area (Å²) in [7, 11) is 1.43. The average molecular weight is 849 g/mol. The smallest absolute Gasteiger partial charge is 0.408 e. The van der Waals surface area contributed by atoms with Crippen molar-refractivity contribution in [1.29, 1.82) is 0 Å². The van der Waals surface area contributed by atoms with Gasteiger partial charge in [-0.05, 0) is 92.0 Å². The molecule has 3 amide bonds. The number of aliphatic hydroxyl groups excluding tert-OH is 4. The van der Waals surface area contributed by atoms with Gasteiger partial charge in [0.1, 0.15) is 59.5 Å². The second kappa shape index (κ2) is 20.0. The normalized spacial score (nSPS) is 27.4. The third kappa shape index (κ3) is 14.4. The van der Waals surface area contributed by atoms with E-state index in [0.29, 0.717) is 6.54 Å². The molecule has 2 aromatic carbocycles. The number of nitrogens with one attached hydrogen (secondary N) is 3. The monoisotopic (exact) mass is 848 g/mol. The molecule has 8 N–H and O–H groups in total. The highest BCUT2D eigenvalue weighted by molar-refractivity contribution is 5.69. The molecular weight excluding hydrogens is 784 g/mol. The van der Waals surface area contributed by atoms with Crippen molar-refractivity contribution in [3.8, 4) is 11.5 Å². The molecule has 18 nitrogen and oxygen atoms in total. The lowest BCUT2D eigenvalue weighted by molar-refractivity contribution is -0.296. The summed E-state index contributed by atoms with van der Waals surface area (Å²) in [5.41, 5.74) is -1.11. The Morgan fingerprint density at radius 1 is 0.700 bits per heavy atom. The summed E-state index contributed by atoms with van der Waals surface area (Å²) in [4.78, 5) is 41.1. The van der Waals surface area contributed by atoms with E-state index in [4.69, 9.17) is 28.4 Å². The lowest BCUT2D eigenvalue weighted by atomic mass is 9.83. The van der Waals surface area contributed by atoms with Crippen LogP contribution in [-0.2, 0) is 36.8 Å². The van der Waals surface area contributed by atoms with Gasteiger partial charge in [0.05, 0.1) is 19.2 Å². The summed E-state index contributed by atoms with van der Waals surface area (Å²) in [5, 5.41) is 64.4. The van der Waals surface area contributed by atoms with Gasteiger partial charge in [0.15, 0.2) is 17.8 Å². The Bertz CT molecular complexity index is 1730. The van der Waals surface area contributed by atoms with Gasteiger partial charge in [-0.2, -0.15) is 0 Å². The number of aliphatic hydroxyl groups is 4. The molecule has 60 heavy (non-hydrogen) atoms. The standard InChI is InChI=1S/C42H64N4O14/c1-40(2,3)58-37(52)43-25-19-26(44-38(53)59-41(4,5)6)35(34(51)31(25)48)57-36-30(45-39(54)60-42(7,8)9)33(50)32(49)29(56-36)22-46(20-23-14-12-11-13-15-23)21-24-16-17-27(47)28(18-24)55-10/h11-18,25-26,29-36,47-51H,19-22H2,1-10H3,(H,43,52)(H,44,53)(H,45,54)/t25-,26+,29-,30-,31+,32-,33-,34-,35-,36-/m1/s1. The zero-order chi connectivity index (χ0) is 44.7. The van der Waals surface area contributed by atoms with E-state index < -0.39 is 96.1 Å². The number of amides is 3. The molecular formula is C42H64N4O14. The van der Waals surface area contributed by atoms with Crippen LogP contribution in [0, 0.1) is 0 Å². The number of benzene rings is 2. The molecule has 0 unspecified atom stereocenters. The fraction of sp³-hybridized carbons (Fsp3) is 0.643. The van der Waals surface area contributed by atoms with Crippen LogP contribution < -0.4 is 20.7 Å². The maximum absolute atomic E-state index is 13.2. The van der Waals surface area contributed by atoms with Gasteiger partial charge in [0, 0.05) is 19.6 Å². The predicted molar refractivity (Wildman–Crippen MR) is 217 cm³/mol. The Balaban J connectivity index is 1.70. The average Bonchev–Trinajstić information content (AvgIpc) is 3.11. The zero-order valence-corrected chi connectivity index (χ0v) is 36.1. The van der Waals surface area contributed by atoms with Crippen LogP contribution in [0.15, 0.2) is 48.5 Å². The van der Waals surface area contributed by atoms with Crippen molar-refractivity contribution in [1.82, 2.24) is 20.9 Å². The number of alkyl carbamates (subject to hydrolysis) is 3. The van der Waals surface area contributed by atoms with Crippen LogP contribution in [0.25, 0.3) is 0 Å². The number of methoxy groups -OCH3 is 1. The molecule has 2 aromatic rings. The van der Waals surface area contributed by atoms with E-state index in [1.165, 1.54) is 13.2 Å². The Morgan fingerprint density at radius 3 is 1.78 bits per heavy atom. The van der Waals surface area contributed by atoms with E-state index in [-0.39, 0.29) is 31.0 Å². The summed E-state index contributed by atoms with van der Waals surface area (Å²) < 4.78 is 34.4. The maximum atomic E-state index is 13.2. The van der Waals surface area contributed by atoms with E-state index in [9.17, 15) is 39.9 Å². The Labute approximate surface area is 351 Å². The van der Waals surface area contributed by atoms with Crippen molar-refractivity contribution in [3.63, 3.8) is 0 Å². The fourth-order valence-electron chi connectivity index (χ4n) is 6.91. The molecule has 1 heterocycles. The van der Waals surface area contributed by atoms with Gasteiger partial charge in [-0.1, -0.05) is 36.4 Å². The lowest BCUT2D eigenvalue weighted by Crippen LogP contribution is -2.70. The molecule has 336 valence electrons. The minimum Gasteiger partial charge on any atom is -0.504 e. The van der Waals surface area contributed by atoms with E-state index >= 15 is 0 Å². The summed E-state index contributed by atoms with van der Waals surface area (Å²) in [5.74, 6) is 0.210. The van der Waals surface area contributed by atoms with Crippen molar-refractivity contribution in [2.24, 2.45) is 0 Å². The number of phenols is 1. The second-order valence-electron chi connectivity index (χ2n) is 18.2. The highest BCUT2D eigenvalue weighted by Crippen LogP contribution is 2.32. The minimum atomic E-state index is -1.81. The van der Waals surface area contributed by atoms with Crippen molar-refractivity contribution in [2.45, 2.75) is 160 Å². The molecule has 0 aromatic heterocycles. The van der Waals surface area contributed by atoms with E-state index in [2.05, 4.69) is 16.0 Å². The number of carbonyl (C=O) groups is 3. The number of hydrogen-bond donors (Lipinski definition) is 8. The molecule has 0 radical (unpaired) electrons. The summed E-state index contributed by atoms with van der Waals surface area (Å²) in [6, 6.07) is 10.5. The number of rotatable bonds is 12. The number of ether oxygens (including phenoxy) is 6. The third-order valence-corrected chi connectivity index (χ3v) is 9.42. The molecule has 1 saturated heterocycles. The number of phenolic OH excluding ortho intramolecular Hbond substituents is 1. The minimum absolute atomic E-state index is 0.0212. The van der Waals surface area contributed by atoms with E-state index in [0.717, 1.165) is 11.1 Å². The highest BCUT2D eigenvalue weighted by atomic mass is 16.7. The van der Waals surface area contributed by atoms with Crippen molar-refractivity contribution >= 4 is 18.3 Å². The predicted octanol–water partition coefficient (Wildman–Crippen LogP) is 3.04. The molecule has 0 spiro atoms. The summed E-state index contributed by atoms with van der Waals surface area (Å²) in [6.45, 7) is 15.4. The van der Waals surface area contributed by atoms with Crippen LogP contribution in [0.5, 0.6) is 11.5 Å². The van der Waals surface area contributed by atoms with Gasteiger partial charge in [-0.15, -0.1) is 0 Å². The van der Waals surface area contributed by atoms with Gasteiger partial charge < -0.3 is 69.9 Å². The molecule has 0 bridgehead atoms. The Kier molecular flexibility index (Phi) is 16.0. The summed E-state index contributed by atoms with van der Waals surface area (Å²) in [6.07, 6.45) is -14.1. The third-order valence-electron chi connectivity index (χ3n) is 9.42. The van der Waals surface area contributed by atoms with Crippen LogP contribution in [0.4, 0.5) is 14.4 Å². The Hall–Kier alpha value is -4.43. The van der Waals surface area contributed by atoms with Crippen LogP contribution in [-0.4, -0.2) is 140 Å². The Morgan fingerprint density at radius 2 is 1.23 bits per heavy atom. The van der Waals surface area contributed by atoms with Gasteiger partial charge in [-0.25, -0.2) is 14.4 Å². The highest BCUT2D eigenvalue weighted by Gasteiger charge is 2.52. The summed E-state index contributed by atoms with van der Waals surface area (Å²) >= 11 is 0. The van der Waals surface area contributed by atoms with Gasteiger partial charge >= 0.3 is 18.3 Å². The van der Waals surface area contributed by atoms with Crippen molar-refractivity contribution < 1.29 is 68.3 Å². The van der Waals surface area contributed by atoms with Crippen molar-refractivity contribution in [3.05, 3.63) is 59.7 Å². The van der Waals surface area contributed by atoms with Crippen molar-refractivity contribution in [2.75, 3.05) is 13.7 Å². The molecule has 1 saturated carbocycles. The molecule has 4 rings (SSSR count). The molecule has 2 aliphatic rings. The number of hydrogen-bond acceptors (Lipinski definition) is 15.